The van der Waals surface area contributed by atoms with Crippen LogP contribution in [0.1, 0.15) is 49.2 Å². The lowest BCUT2D eigenvalue weighted by Gasteiger charge is -2.14. The maximum absolute atomic E-state index is 12.5. The van der Waals surface area contributed by atoms with Crippen molar-refractivity contribution in [3.63, 3.8) is 0 Å². The number of rotatable bonds is 9. The largest absolute Gasteiger partial charge is 0.349 e. The summed E-state index contributed by atoms with van der Waals surface area (Å²) in [5.41, 5.74) is 3.61. The van der Waals surface area contributed by atoms with E-state index in [0.29, 0.717) is 5.75 Å². The molecule has 0 spiro atoms. The third kappa shape index (κ3) is 5.08. The van der Waals surface area contributed by atoms with E-state index in [0.717, 1.165) is 35.9 Å². The molecule has 0 unspecified atom stereocenters. The van der Waals surface area contributed by atoms with E-state index in [1.165, 1.54) is 27.8 Å². The molecule has 1 atom stereocenters. The summed E-state index contributed by atoms with van der Waals surface area (Å²) < 4.78 is 2.15. The van der Waals surface area contributed by atoms with E-state index < -0.39 is 0 Å². The highest BCUT2D eigenvalue weighted by atomic mass is 32.2. The van der Waals surface area contributed by atoms with Crippen molar-refractivity contribution in [3.05, 3.63) is 51.7 Å². The Morgan fingerprint density at radius 3 is 2.69 bits per heavy atom. The summed E-state index contributed by atoms with van der Waals surface area (Å²) in [5, 5.41) is 14.9. The van der Waals surface area contributed by atoms with E-state index in [1.54, 1.807) is 11.3 Å². The van der Waals surface area contributed by atoms with Crippen LogP contribution in [0.3, 0.4) is 0 Å². The summed E-state index contributed by atoms with van der Waals surface area (Å²) in [5.74, 6) is 1.23. The van der Waals surface area contributed by atoms with Crippen LogP contribution in [-0.2, 0) is 17.8 Å². The lowest BCUT2D eigenvalue weighted by Crippen LogP contribution is -2.28. The van der Waals surface area contributed by atoms with Crippen LogP contribution in [0.15, 0.2) is 40.9 Å². The summed E-state index contributed by atoms with van der Waals surface area (Å²) in [6.45, 7) is 9.31. The number of aromatic nitrogens is 3. The Kier molecular flexibility index (Phi) is 7.50. The van der Waals surface area contributed by atoms with E-state index in [2.05, 4.69) is 46.2 Å². The molecule has 0 aliphatic rings. The standard InChI is InChI=1S/C22H28N4OS2/c1-5-12-26-21(19-13-28-16(4)18(19)6-2)24-25-22(26)29-14-20(27)23-15(3)17-10-8-7-9-11-17/h7-11,13,15H,5-6,12,14H2,1-4H3,(H,23,27)/t15-/m1/s1. The predicted octanol–water partition coefficient (Wildman–Crippen LogP) is 5.26. The molecule has 0 saturated carbocycles. The molecule has 0 aliphatic heterocycles. The van der Waals surface area contributed by atoms with Crippen molar-refractivity contribution in [2.24, 2.45) is 0 Å². The van der Waals surface area contributed by atoms with Gasteiger partial charge in [0.1, 0.15) is 0 Å². The van der Waals surface area contributed by atoms with Gasteiger partial charge >= 0.3 is 0 Å². The SMILES string of the molecule is CCCn1c(SCC(=O)N[C@H](C)c2ccccc2)nnc1-c1csc(C)c1CC. The predicted molar refractivity (Wildman–Crippen MR) is 121 cm³/mol. The van der Waals surface area contributed by atoms with Crippen molar-refractivity contribution >= 4 is 29.0 Å². The lowest BCUT2D eigenvalue weighted by molar-refractivity contribution is -0.119. The summed E-state index contributed by atoms with van der Waals surface area (Å²) in [7, 11) is 0. The number of thiophene rings is 1. The van der Waals surface area contributed by atoms with Gasteiger partial charge in [-0.05, 0) is 37.8 Å². The number of nitrogens with one attached hydrogen (secondary N) is 1. The van der Waals surface area contributed by atoms with Gasteiger partial charge in [-0.3, -0.25) is 4.79 Å². The van der Waals surface area contributed by atoms with Gasteiger partial charge in [-0.15, -0.1) is 21.5 Å². The zero-order valence-corrected chi connectivity index (χ0v) is 19.1. The van der Waals surface area contributed by atoms with Crippen molar-refractivity contribution in [3.8, 4) is 11.4 Å². The molecule has 2 aromatic heterocycles. The average molecular weight is 429 g/mol. The van der Waals surface area contributed by atoms with Crippen LogP contribution in [0, 0.1) is 6.92 Å². The summed E-state index contributed by atoms with van der Waals surface area (Å²) in [6.07, 6.45) is 1.96. The van der Waals surface area contributed by atoms with Crippen molar-refractivity contribution in [2.75, 3.05) is 5.75 Å². The van der Waals surface area contributed by atoms with Gasteiger partial charge in [0, 0.05) is 22.4 Å². The first-order valence-electron chi connectivity index (χ1n) is 10.0. The summed E-state index contributed by atoms with van der Waals surface area (Å²) in [4.78, 5) is 13.8. The Hall–Kier alpha value is -2.12. The number of thioether (sulfide) groups is 1. The van der Waals surface area contributed by atoms with Gasteiger partial charge in [0.05, 0.1) is 11.8 Å². The van der Waals surface area contributed by atoms with Crippen LogP contribution in [-0.4, -0.2) is 26.4 Å². The van der Waals surface area contributed by atoms with Crippen molar-refractivity contribution in [1.82, 2.24) is 20.1 Å². The van der Waals surface area contributed by atoms with Crippen molar-refractivity contribution < 1.29 is 4.79 Å². The number of carbonyl (C=O) groups excluding carboxylic acids is 1. The average Bonchev–Trinajstić information content (AvgIpc) is 3.29. The summed E-state index contributed by atoms with van der Waals surface area (Å²) >= 11 is 3.21. The Bertz CT molecular complexity index is 949. The van der Waals surface area contributed by atoms with E-state index >= 15 is 0 Å². The number of nitrogens with zero attached hydrogens (tertiary/aromatic N) is 3. The van der Waals surface area contributed by atoms with Crippen LogP contribution in [0.5, 0.6) is 0 Å². The highest BCUT2D eigenvalue weighted by Crippen LogP contribution is 2.32. The van der Waals surface area contributed by atoms with Gasteiger partial charge in [-0.2, -0.15) is 0 Å². The van der Waals surface area contributed by atoms with Gasteiger partial charge < -0.3 is 9.88 Å². The Morgan fingerprint density at radius 1 is 1.24 bits per heavy atom. The molecule has 3 rings (SSSR count). The van der Waals surface area contributed by atoms with Gasteiger partial charge in [-0.1, -0.05) is 55.9 Å². The lowest BCUT2D eigenvalue weighted by atomic mass is 10.1. The molecule has 3 aromatic rings. The highest BCUT2D eigenvalue weighted by Gasteiger charge is 2.19. The third-order valence-corrected chi connectivity index (χ3v) is 6.79. The molecule has 0 bridgehead atoms. The van der Waals surface area contributed by atoms with Crippen LogP contribution in [0.4, 0.5) is 0 Å². The topological polar surface area (TPSA) is 59.8 Å². The molecule has 7 heteroatoms. The molecular formula is C22H28N4OS2. The number of amides is 1. The van der Waals surface area contributed by atoms with E-state index in [9.17, 15) is 4.79 Å². The highest BCUT2D eigenvalue weighted by molar-refractivity contribution is 7.99. The van der Waals surface area contributed by atoms with Crippen LogP contribution in [0.25, 0.3) is 11.4 Å². The summed E-state index contributed by atoms with van der Waals surface area (Å²) in [6, 6.07) is 9.98. The maximum atomic E-state index is 12.5. The van der Waals surface area contributed by atoms with Crippen LogP contribution < -0.4 is 5.32 Å². The third-order valence-electron chi connectivity index (χ3n) is 4.87. The molecule has 154 valence electrons. The number of carbonyl (C=O) groups is 1. The minimum Gasteiger partial charge on any atom is -0.349 e. The quantitative estimate of drug-likeness (QED) is 0.473. The fourth-order valence-corrected chi connectivity index (χ4v) is 5.08. The Morgan fingerprint density at radius 2 is 2.00 bits per heavy atom. The first-order chi connectivity index (χ1) is 14.0. The molecule has 0 saturated heterocycles. The van der Waals surface area contributed by atoms with Gasteiger partial charge in [0.2, 0.25) is 5.91 Å². The van der Waals surface area contributed by atoms with Gasteiger partial charge in [0.15, 0.2) is 11.0 Å². The second-order valence-electron chi connectivity index (χ2n) is 6.98. The Balaban J connectivity index is 1.71. The minimum absolute atomic E-state index is 0.000392. The minimum atomic E-state index is -0.0192. The monoisotopic (exact) mass is 428 g/mol. The van der Waals surface area contributed by atoms with Crippen LogP contribution in [0.2, 0.25) is 0 Å². The molecule has 1 amide bonds. The number of aryl methyl sites for hydroxylation is 1. The maximum Gasteiger partial charge on any atom is 0.230 e. The normalized spacial score (nSPS) is 12.1. The molecule has 29 heavy (non-hydrogen) atoms. The van der Waals surface area contributed by atoms with Crippen LogP contribution >= 0.6 is 23.1 Å². The molecule has 1 aromatic carbocycles. The molecular weight excluding hydrogens is 400 g/mol. The van der Waals surface area contributed by atoms with Gasteiger partial charge in [-0.25, -0.2) is 0 Å². The first-order valence-corrected chi connectivity index (χ1v) is 11.9. The number of hydrogen-bond donors (Lipinski definition) is 1. The second kappa shape index (κ2) is 10.1. The smallest absolute Gasteiger partial charge is 0.230 e. The number of hydrogen-bond acceptors (Lipinski definition) is 5. The molecule has 5 nitrogen and oxygen atoms in total. The van der Waals surface area contributed by atoms with E-state index in [-0.39, 0.29) is 11.9 Å². The number of benzene rings is 1. The fraction of sp³-hybridized carbons (Fsp3) is 0.409. The molecule has 0 aliphatic carbocycles. The molecule has 2 heterocycles. The zero-order valence-electron chi connectivity index (χ0n) is 17.4. The Labute approximate surface area is 180 Å². The second-order valence-corrected chi connectivity index (χ2v) is 9.01. The zero-order chi connectivity index (χ0) is 20.8. The van der Waals surface area contributed by atoms with Crippen molar-refractivity contribution in [1.29, 1.82) is 0 Å². The molecule has 0 radical (unpaired) electrons. The van der Waals surface area contributed by atoms with Gasteiger partial charge in [0.25, 0.3) is 0 Å². The fourth-order valence-electron chi connectivity index (χ4n) is 3.36. The first kappa shape index (κ1) is 21.6. The van der Waals surface area contributed by atoms with Crippen molar-refractivity contribution in [2.45, 2.75) is 58.3 Å². The van der Waals surface area contributed by atoms with E-state index in [1.807, 2.05) is 37.3 Å². The molecule has 1 N–H and O–H groups in total. The molecule has 0 fully saturated rings. The van der Waals surface area contributed by atoms with E-state index in [4.69, 9.17) is 0 Å².